The van der Waals surface area contributed by atoms with Crippen molar-refractivity contribution in [2.75, 3.05) is 13.9 Å². The van der Waals surface area contributed by atoms with Crippen LogP contribution in [-0.2, 0) is 28.6 Å². The number of allylic oxidation sites excluding steroid dienone is 2. The van der Waals surface area contributed by atoms with Crippen molar-refractivity contribution in [2.24, 2.45) is 0 Å². The zero-order valence-corrected chi connectivity index (χ0v) is 17.6. The molecule has 29 heavy (non-hydrogen) atoms. The van der Waals surface area contributed by atoms with Gasteiger partial charge in [-0.05, 0) is 31.9 Å². The molecule has 0 amide bonds. The first kappa shape index (κ1) is 22.5. The molecule has 1 aliphatic heterocycles. The first-order chi connectivity index (χ1) is 13.8. The van der Waals surface area contributed by atoms with Gasteiger partial charge in [0.2, 0.25) is 6.79 Å². The van der Waals surface area contributed by atoms with Gasteiger partial charge in [-0.25, -0.2) is 9.59 Å². The largest absolute Gasteiger partial charge is 0.466 e. The van der Waals surface area contributed by atoms with Gasteiger partial charge < -0.3 is 19.5 Å². The Morgan fingerprint density at radius 2 is 1.66 bits per heavy atom. The molecule has 0 saturated heterocycles. The summed E-state index contributed by atoms with van der Waals surface area (Å²) in [6, 6.07) is 6.92. The molecule has 8 heteroatoms. The number of carbonyl (C=O) groups excluding carboxylic acids is 3. The van der Waals surface area contributed by atoms with Crippen LogP contribution in [-0.4, -0.2) is 31.8 Å². The summed E-state index contributed by atoms with van der Waals surface area (Å²) in [5.41, 5.74) is 2.05. The van der Waals surface area contributed by atoms with Crippen LogP contribution in [0.25, 0.3) is 0 Å². The predicted octanol–water partition coefficient (Wildman–Crippen LogP) is 3.59. The van der Waals surface area contributed by atoms with Gasteiger partial charge in [-0.3, -0.25) is 4.79 Å². The van der Waals surface area contributed by atoms with Crippen molar-refractivity contribution < 1.29 is 28.6 Å². The molecule has 1 atom stereocenters. The molecule has 7 nitrogen and oxygen atoms in total. The van der Waals surface area contributed by atoms with Gasteiger partial charge >= 0.3 is 17.9 Å². The second kappa shape index (κ2) is 10.1. The topological polar surface area (TPSA) is 90.9 Å². The summed E-state index contributed by atoms with van der Waals surface area (Å²) in [5, 5.41) is 3.41. The normalized spacial score (nSPS) is 16.2. The second-order valence-electron chi connectivity index (χ2n) is 6.46. The molecule has 1 N–H and O–H groups in total. The summed E-state index contributed by atoms with van der Waals surface area (Å²) < 4.78 is 15.0. The number of methoxy groups -OCH3 is 1. The molecule has 1 heterocycles. The minimum Gasteiger partial charge on any atom is -0.466 e. The van der Waals surface area contributed by atoms with E-state index in [1.54, 1.807) is 38.1 Å². The summed E-state index contributed by atoms with van der Waals surface area (Å²) in [6.07, 6.45) is 0.861. The lowest BCUT2D eigenvalue weighted by Crippen LogP contribution is -2.32. The number of rotatable bonds is 7. The molecular formula is C21H24ClNO6. The van der Waals surface area contributed by atoms with Crippen molar-refractivity contribution in [3.63, 3.8) is 0 Å². The number of benzene rings is 1. The molecule has 0 spiro atoms. The lowest BCUT2D eigenvalue weighted by Gasteiger charge is -2.30. The van der Waals surface area contributed by atoms with Crippen molar-refractivity contribution in [1.29, 1.82) is 0 Å². The summed E-state index contributed by atoms with van der Waals surface area (Å²) in [6.45, 7) is 4.74. The maximum Gasteiger partial charge on any atom is 0.339 e. The number of hydrogen-bond donors (Lipinski definition) is 1. The third kappa shape index (κ3) is 5.17. The molecule has 0 saturated carbocycles. The second-order valence-corrected chi connectivity index (χ2v) is 6.87. The number of hydrogen-bond acceptors (Lipinski definition) is 7. The van der Waals surface area contributed by atoms with E-state index >= 15 is 0 Å². The highest BCUT2D eigenvalue weighted by atomic mass is 35.5. The highest BCUT2D eigenvalue weighted by Crippen LogP contribution is 2.41. The van der Waals surface area contributed by atoms with Crippen molar-refractivity contribution >= 4 is 29.5 Å². The van der Waals surface area contributed by atoms with E-state index in [2.05, 4.69) is 5.32 Å². The third-order valence-electron chi connectivity index (χ3n) is 4.47. The fraction of sp³-hybridized carbons (Fsp3) is 0.381. The van der Waals surface area contributed by atoms with Crippen LogP contribution in [0.3, 0.4) is 0 Å². The Morgan fingerprint density at radius 3 is 2.24 bits per heavy atom. The lowest BCUT2D eigenvalue weighted by molar-refractivity contribution is -0.164. The standard InChI is InChI=1S/C21H24ClNO6/c1-5-8-16(24)28-11-29-21(26)18-13(3)23-12(2)17(20(25)27-4)19(18)14-9-6-7-10-15(14)22/h6-7,9-10,19,23H,5,8,11H2,1-4H3. The van der Waals surface area contributed by atoms with Crippen molar-refractivity contribution in [3.05, 3.63) is 57.4 Å². The monoisotopic (exact) mass is 421 g/mol. The Labute approximate surface area is 174 Å². The molecule has 156 valence electrons. The first-order valence-electron chi connectivity index (χ1n) is 9.15. The first-order valence-corrected chi connectivity index (χ1v) is 9.53. The number of esters is 3. The summed E-state index contributed by atoms with van der Waals surface area (Å²) in [5.74, 6) is -2.57. The smallest absolute Gasteiger partial charge is 0.339 e. The zero-order valence-electron chi connectivity index (χ0n) is 16.8. The fourth-order valence-corrected chi connectivity index (χ4v) is 3.41. The Bertz CT molecular complexity index is 874. The van der Waals surface area contributed by atoms with Gasteiger partial charge in [0.05, 0.1) is 24.2 Å². The number of halogens is 1. The number of nitrogens with one attached hydrogen (secondary N) is 1. The Hall–Kier alpha value is -2.80. The van der Waals surface area contributed by atoms with E-state index in [0.717, 1.165) is 0 Å². The minimum absolute atomic E-state index is 0.190. The van der Waals surface area contributed by atoms with Gasteiger partial charge in [0.15, 0.2) is 0 Å². The van der Waals surface area contributed by atoms with Crippen LogP contribution in [0, 0.1) is 0 Å². The molecule has 0 aliphatic carbocycles. The molecule has 1 aromatic rings. The zero-order chi connectivity index (χ0) is 21.6. The minimum atomic E-state index is -0.795. The maximum atomic E-state index is 12.9. The lowest BCUT2D eigenvalue weighted by atomic mass is 9.80. The summed E-state index contributed by atoms with van der Waals surface area (Å²) >= 11 is 6.38. The van der Waals surface area contributed by atoms with Gasteiger partial charge in [-0.1, -0.05) is 36.7 Å². The number of ether oxygens (including phenoxy) is 3. The maximum absolute atomic E-state index is 12.9. The van der Waals surface area contributed by atoms with Crippen LogP contribution in [0.4, 0.5) is 0 Å². The number of carbonyl (C=O) groups is 3. The molecule has 0 radical (unpaired) electrons. The SMILES string of the molecule is CCCC(=O)OCOC(=O)C1=C(C)NC(C)=C(C(=O)OC)C1c1ccccc1Cl. The van der Waals surface area contributed by atoms with E-state index in [1.807, 2.05) is 6.92 Å². The van der Waals surface area contributed by atoms with Crippen molar-refractivity contribution in [2.45, 2.75) is 39.5 Å². The molecule has 1 aromatic carbocycles. The predicted molar refractivity (Wildman–Crippen MR) is 107 cm³/mol. The van der Waals surface area contributed by atoms with Gasteiger partial charge in [-0.2, -0.15) is 0 Å². The van der Waals surface area contributed by atoms with Crippen molar-refractivity contribution in [1.82, 2.24) is 5.32 Å². The van der Waals surface area contributed by atoms with Crippen LogP contribution < -0.4 is 5.32 Å². The van der Waals surface area contributed by atoms with Crippen LogP contribution in [0.1, 0.15) is 45.1 Å². The summed E-state index contributed by atoms with van der Waals surface area (Å²) in [7, 11) is 1.27. The van der Waals surface area contributed by atoms with E-state index in [-0.39, 0.29) is 17.6 Å². The van der Waals surface area contributed by atoms with Gasteiger partial charge in [0.25, 0.3) is 0 Å². The number of dihydropyridines is 1. The van der Waals surface area contributed by atoms with E-state index < -0.39 is 30.6 Å². The van der Waals surface area contributed by atoms with Crippen LogP contribution >= 0.6 is 11.6 Å². The Morgan fingerprint density at radius 1 is 1.03 bits per heavy atom. The van der Waals surface area contributed by atoms with E-state index in [4.69, 9.17) is 25.8 Å². The van der Waals surface area contributed by atoms with E-state index in [1.165, 1.54) is 7.11 Å². The van der Waals surface area contributed by atoms with Crippen LogP contribution in [0.15, 0.2) is 46.8 Å². The third-order valence-corrected chi connectivity index (χ3v) is 4.81. The van der Waals surface area contributed by atoms with Crippen LogP contribution in [0.2, 0.25) is 5.02 Å². The van der Waals surface area contributed by atoms with Gasteiger partial charge in [0.1, 0.15) is 0 Å². The van der Waals surface area contributed by atoms with Crippen LogP contribution in [0.5, 0.6) is 0 Å². The Balaban J connectivity index is 2.41. The molecular weight excluding hydrogens is 398 g/mol. The van der Waals surface area contributed by atoms with E-state index in [0.29, 0.717) is 28.4 Å². The quantitative estimate of drug-likeness (QED) is 0.531. The highest BCUT2D eigenvalue weighted by Gasteiger charge is 2.38. The molecule has 1 unspecified atom stereocenters. The molecule has 0 fully saturated rings. The highest BCUT2D eigenvalue weighted by molar-refractivity contribution is 6.31. The van der Waals surface area contributed by atoms with Gasteiger partial charge in [-0.15, -0.1) is 0 Å². The fourth-order valence-electron chi connectivity index (χ4n) is 3.17. The molecule has 1 aliphatic rings. The molecule has 2 rings (SSSR count). The average Bonchev–Trinajstić information content (AvgIpc) is 2.67. The van der Waals surface area contributed by atoms with Gasteiger partial charge in [0, 0.05) is 22.8 Å². The van der Waals surface area contributed by atoms with Crippen molar-refractivity contribution in [3.8, 4) is 0 Å². The van der Waals surface area contributed by atoms with E-state index in [9.17, 15) is 14.4 Å². The molecule has 0 aromatic heterocycles. The molecule has 0 bridgehead atoms. The Kier molecular flexibility index (Phi) is 7.84. The average molecular weight is 422 g/mol. The summed E-state index contributed by atoms with van der Waals surface area (Å²) in [4.78, 5) is 36.9.